The first kappa shape index (κ1) is 19.2. The summed E-state index contributed by atoms with van der Waals surface area (Å²) in [7, 11) is 1.58. The van der Waals surface area contributed by atoms with Gasteiger partial charge in [0, 0.05) is 13.7 Å². The van der Waals surface area contributed by atoms with Crippen LogP contribution in [0, 0.1) is 0 Å². The van der Waals surface area contributed by atoms with E-state index in [0.717, 1.165) is 17.7 Å². The highest BCUT2D eigenvalue weighted by Gasteiger charge is 2.42. The molecule has 2 heterocycles. The number of para-hydroxylation sites is 1. The van der Waals surface area contributed by atoms with Gasteiger partial charge in [-0.2, -0.15) is 0 Å². The van der Waals surface area contributed by atoms with Crippen LogP contribution in [-0.4, -0.2) is 37.7 Å². The maximum absolute atomic E-state index is 13.3. The molecule has 1 aromatic heterocycles. The molecule has 1 atom stereocenters. The molecule has 1 aliphatic heterocycles. The molecule has 0 fully saturated rings. The summed E-state index contributed by atoms with van der Waals surface area (Å²) < 4.78 is 16.7. The Morgan fingerprint density at radius 3 is 2.52 bits per heavy atom. The molecule has 1 amide bonds. The molecule has 2 aromatic carbocycles. The van der Waals surface area contributed by atoms with E-state index in [1.807, 2.05) is 31.2 Å². The standard InChI is InChI=1S/C23H23NO5/c1-3-13-28-16-10-8-15(9-11-16)20-19-21(25)17-6-4-5-7-18(17)29-22(19)23(26)24(20)12-14-27-2/h4-11,20H,3,12-14H2,1-2H3/t20-/m1/s1. The second kappa shape index (κ2) is 8.09. The van der Waals surface area contributed by atoms with Gasteiger partial charge in [0.25, 0.3) is 5.91 Å². The van der Waals surface area contributed by atoms with Crippen molar-refractivity contribution in [1.82, 2.24) is 4.90 Å². The molecule has 0 radical (unpaired) electrons. The molecular weight excluding hydrogens is 370 g/mol. The zero-order valence-corrected chi connectivity index (χ0v) is 16.5. The fourth-order valence-electron chi connectivity index (χ4n) is 3.70. The second-order valence-electron chi connectivity index (χ2n) is 6.98. The lowest BCUT2D eigenvalue weighted by molar-refractivity contribution is 0.0663. The maximum Gasteiger partial charge on any atom is 0.290 e. The number of hydrogen-bond acceptors (Lipinski definition) is 5. The third kappa shape index (κ3) is 3.40. The Bertz CT molecular complexity index is 1090. The van der Waals surface area contributed by atoms with Crippen LogP contribution in [0.2, 0.25) is 0 Å². The van der Waals surface area contributed by atoms with Crippen molar-refractivity contribution in [3.05, 3.63) is 75.6 Å². The Kier molecular flexibility index (Phi) is 5.36. The highest BCUT2D eigenvalue weighted by molar-refractivity contribution is 5.99. The van der Waals surface area contributed by atoms with Crippen LogP contribution in [0.5, 0.6) is 5.75 Å². The van der Waals surface area contributed by atoms with E-state index in [-0.39, 0.29) is 17.1 Å². The maximum atomic E-state index is 13.3. The van der Waals surface area contributed by atoms with E-state index in [4.69, 9.17) is 13.9 Å². The van der Waals surface area contributed by atoms with E-state index in [2.05, 4.69) is 0 Å². The highest BCUT2D eigenvalue weighted by atomic mass is 16.5. The molecule has 150 valence electrons. The van der Waals surface area contributed by atoms with Gasteiger partial charge >= 0.3 is 0 Å². The van der Waals surface area contributed by atoms with Gasteiger partial charge < -0.3 is 18.8 Å². The van der Waals surface area contributed by atoms with Crippen molar-refractivity contribution in [3.8, 4) is 5.75 Å². The van der Waals surface area contributed by atoms with Crippen LogP contribution in [0.25, 0.3) is 11.0 Å². The largest absolute Gasteiger partial charge is 0.494 e. The third-order valence-corrected chi connectivity index (χ3v) is 5.08. The number of rotatable bonds is 7. The number of benzene rings is 2. The normalized spacial score (nSPS) is 15.7. The van der Waals surface area contributed by atoms with Gasteiger partial charge in [0.15, 0.2) is 5.43 Å². The second-order valence-corrected chi connectivity index (χ2v) is 6.98. The summed E-state index contributed by atoms with van der Waals surface area (Å²) in [4.78, 5) is 28.0. The molecule has 6 nitrogen and oxygen atoms in total. The number of carbonyl (C=O) groups excluding carboxylic acids is 1. The van der Waals surface area contributed by atoms with Crippen molar-refractivity contribution >= 4 is 16.9 Å². The number of nitrogens with zero attached hydrogens (tertiary/aromatic N) is 1. The molecule has 0 N–H and O–H groups in total. The van der Waals surface area contributed by atoms with Crippen molar-refractivity contribution in [1.29, 1.82) is 0 Å². The molecule has 1 aliphatic rings. The van der Waals surface area contributed by atoms with Gasteiger partial charge in [-0.3, -0.25) is 9.59 Å². The third-order valence-electron chi connectivity index (χ3n) is 5.08. The summed E-state index contributed by atoms with van der Waals surface area (Å²) in [5, 5.41) is 0.473. The van der Waals surface area contributed by atoms with E-state index < -0.39 is 6.04 Å². The Balaban J connectivity index is 1.83. The fraction of sp³-hybridized carbons (Fsp3) is 0.304. The van der Waals surface area contributed by atoms with Gasteiger partial charge in [-0.05, 0) is 36.2 Å². The van der Waals surface area contributed by atoms with Crippen molar-refractivity contribution in [2.45, 2.75) is 19.4 Å². The van der Waals surface area contributed by atoms with E-state index in [1.165, 1.54) is 0 Å². The van der Waals surface area contributed by atoms with Crippen LogP contribution < -0.4 is 10.2 Å². The van der Waals surface area contributed by atoms with Gasteiger partial charge in [-0.15, -0.1) is 0 Å². The quantitative estimate of drug-likeness (QED) is 0.611. The Morgan fingerprint density at radius 2 is 1.79 bits per heavy atom. The molecule has 0 saturated carbocycles. The smallest absolute Gasteiger partial charge is 0.290 e. The van der Waals surface area contributed by atoms with Crippen molar-refractivity contribution in [3.63, 3.8) is 0 Å². The monoisotopic (exact) mass is 393 g/mol. The number of fused-ring (bicyclic) bond motifs is 2. The minimum Gasteiger partial charge on any atom is -0.494 e. The Morgan fingerprint density at radius 1 is 1.03 bits per heavy atom. The minimum absolute atomic E-state index is 0.112. The summed E-state index contributed by atoms with van der Waals surface area (Å²) in [5.74, 6) is 0.575. The SMILES string of the molecule is CCCOc1ccc([C@@H]2c3c(oc4ccccc4c3=O)C(=O)N2CCOC)cc1. The molecule has 0 saturated heterocycles. The molecule has 0 bridgehead atoms. The first-order valence-electron chi connectivity index (χ1n) is 9.74. The number of amides is 1. The first-order chi connectivity index (χ1) is 14.2. The van der Waals surface area contributed by atoms with Crippen molar-refractivity contribution in [2.24, 2.45) is 0 Å². The van der Waals surface area contributed by atoms with Gasteiger partial charge in [0.1, 0.15) is 11.3 Å². The van der Waals surface area contributed by atoms with E-state index in [1.54, 1.807) is 36.3 Å². The lowest BCUT2D eigenvalue weighted by Gasteiger charge is -2.25. The van der Waals surface area contributed by atoms with Gasteiger partial charge in [0.05, 0.1) is 30.2 Å². The number of methoxy groups -OCH3 is 1. The molecule has 6 heteroatoms. The van der Waals surface area contributed by atoms with Crippen molar-refractivity contribution < 1.29 is 18.7 Å². The average Bonchev–Trinajstić information content (AvgIpc) is 3.03. The van der Waals surface area contributed by atoms with Crippen LogP contribution in [-0.2, 0) is 4.74 Å². The van der Waals surface area contributed by atoms with E-state index in [0.29, 0.717) is 36.3 Å². The molecule has 0 spiro atoms. The minimum atomic E-state index is -0.520. The predicted molar refractivity (Wildman–Crippen MR) is 109 cm³/mol. The average molecular weight is 393 g/mol. The summed E-state index contributed by atoms with van der Waals surface area (Å²) in [6.45, 7) is 3.40. The summed E-state index contributed by atoms with van der Waals surface area (Å²) >= 11 is 0. The van der Waals surface area contributed by atoms with Crippen LogP contribution in [0.4, 0.5) is 0 Å². The molecule has 29 heavy (non-hydrogen) atoms. The Labute approximate surface area is 168 Å². The van der Waals surface area contributed by atoms with E-state index >= 15 is 0 Å². The number of hydrogen-bond donors (Lipinski definition) is 0. The van der Waals surface area contributed by atoms with Crippen LogP contribution in [0.3, 0.4) is 0 Å². The topological polar surface area (TPSA) is 69.0 Å². The van der Waals surface area contributed by atoms with Crippen molar-refractivity contribution in [2.75, 3.05) is 26.9 Å². The highest BCUT2D eigenvalue weighted by Crippen LogP contribution is 2.38. The van der Waals surface area contributed by atoms with Crippen LogP contribution in [0.1, 0.15) is 41.1 Å². The Hall–Kier alpha value is -3.12. The van der Waals surface area contributed by atoms with Crippen LogP contribution in [0.15, 0.2) is 57.7 Å². The van der Waals surface area contributed by atoms with Gasteiger partial charge in [0.2, 0.25) is 5.76 Å². The summed E-state index contributed by atoms with van der Waals surface area (Å²) in [6.07, 6.45) is 0.922. The molecule has 0 unspecified atom stereocenters. The molecule has 0 aliphatic carbocycles. The zero-order chi connectivity index (χ0) is 20.4. The fourth-order valence-corrected chi connectivity index (χ4v) is 3.70. The lowest BCUT2D eigenvalue weighted by atomic mass is 9.98. The summed E-state index contributed by atoms with van der Waals surface area (Å²) in [5.41, 5.74) is 1.46. The van der Waals surface area contributed by atoms with Gasteiger partial charge in [-0.1, -0.05) is 31.2 Å². The zero-order valence-electron chi connectivity index (χ0n) is 16.5. The van der Waals surface area contributed by atoms with Gasteiger partial charge in [-0.25, -0.2) is 0 Å². The first-order valence-corrected chi connectivity index (χ1v) is 9.74. The van der Waals surface area contributed by atoms with Crippen LogP contribution >= 0.6 is 0 Å². The molecule has 3 aromatic rings. The number of carbonyl (C=O) groups is 1. The molecule has 4 rings (SSSR count). The predicted octanol–water partition coefficient (Wildman–Crippen LogP) is 3.77. The molecular formula is C23H23NO5. The lowest BCUT2D eigenvalue weighted by Crippen LogP contribution is -2.32. The summed E-state index contributed by atoms with van der Waals surface area (Å²) in [6, 6.07) is 14.0. The number of ether oxygens (including phenoxy) is 2. The van der Waals surface area contributed by atoms with E-state index in [9.17, 15) is 9.59 Å².